The van der Waals surface area contributed by atoms with Gasteiger partial charge in [0.2, 0.25) is 0 Å². The number of piperidine rings is 1. The van der Waals surface area contributed by atoms with E-state index in [1.54, 1.807) is 0 Å². The van der Waals surface area contributed by atoms with Gasteiger partial charge in [-0.3, -0.25) is 0 Å². The minimum Gasteiger partial charge on any atom is -0.324 e. The smallest absolute Gasteiger partial charge is 0.0337 e. The van der Waals surface area contributed by atoms with Crippen LogP contribution in [0.4, 0.5) is 0 Å². The Kier molecular flexibility index (Phi) is 0.939. The van der Waals surface area contributed by atoms with Crippen molar-refractivity contribution in [2.75, 3.05) is 13.1 Å². The Morgan fingerprint density at radius 1 is 1.75 bits per heavy atom. The van der Waals surface area contributed by atoms with Crippen LogP contribution in [-0.4, -0.2) is 21.7 Å². The largest absolute Gasteiger partial charge is 0.324 e. The number of hydrogen-bond acceptors (Lipinski definition) is 2. The van der Waals surface area contributed by atoms with Gasteiger partial charge in [-0.05, 0) is 12.3 Å². The van der Waals surface area contributed by atoms with E-state index in [1.807, 2.05) is 0 Å². The highest BCUT2D eigenvalue weighted by atomic mass is 127. The fraction of sp³-hybridized carbons (Fsp3) is 1.00. The summed E-state index contributed by atoms with van der Waals surface area (Å²) in [6.45, 7) is 2.33. The first-order chi connectivity index (χ1) is 3.71. The molecule has 0 bridgehead atoms. The second-order valence-corrected chi connectivity index (χ2v) is 4.30. The maximum Gasteiger partial charge on any atom is 0.0337 e. The Morgan fingerprint density at radius 3 is 2.75 bits per heavy atom. The minimum absolute atomic E-state index is 0.251. The predicted octanol–water partition coefficient (Wildman–Crippen LogP) is 0.369. The number of fused-ring (bicyclic) bond motifs is 1. The highest BCUT2D eigenvalue weighted by Crippen LogP contribution is 2.48. The van der Waals surface area contributed by atoms with Gasteiger partial charge in [0.15, 0.2) is 0 Å². The SMILES string of the molecule is NC12CC1CN(I)C2. The van der Waals surface area contributed by atoms with Crippen LogP contribution >= 0.6 is 22.9 Å². The van der Waals surface area contributed by atoms with Crippen molar-refractivity contribution in [1.29, 1.82) is 0 Å². The molecule has 1 aliphatic carbocycles. The Hall–Kier alpha value is 0.650. The maximum absolute atomic E-state index is 5.90. The molecule has 8 heavy (non-hydrogen) atoms. The Labute approximate surface area is 62.9 Å². The summed E-state index contributed by atoms with van der Waals surface area (Å²) in [5.41, 5.74) is 6.15. The topological polar surface area (TPSA) is 29.3 Å². The molecule has 0 aromatic carbocycles. The quantitative estimate of drug-likeness (QED) is 0.475. The highest BCUT2D eigenvalue weighted by Gasteiger charge is 2.56. The van der Waals surface area contributed by atoms with Gasteiger partial charge in [-0.15, -0.1) is 0 Å². The third kappa shape index (κ3) is 0.610. The molecular formula is C5H9IN2. The van der Waals surface area contributed by atoms with Crippen LogP contribution in [0.3, 0.4) is 0 Å². The molecule has 0 aromatic rings. The summed E-state index contributed by atoms with van der Waals surface area (Å²) in [5, 5.41) is 0. The molecule has 2 atom stereocenters. The zero-order valence-corrected chi connectivity index (χ0v) is 6.76. The minimum atomic E-state index is 0.251. The summed E-state index contributed by atoms with van der Waals surface area (Å²) < 4.78 is 2.28. The Balaban J connectivity index is 2.10. The number of halogens is 1. The van der Waals surface area contributed by atoms with E-state index in [-0.39, 0.29) is 5.54 Å². The molecule has 1 saturated carbocycles. The molecule has 46 valence electrons. The predicted molar refractivity (Wildman–Crippen MR) is 40.6 cm³/mol. The van der Waals surface area contributed by atoms with E-state index in [0.29, 0.717) is 0 Å². The van der Waals surface area contributed by atoms with Crippen LogP contribution in [0, 0.1) is 5.92 Å². The number of nitrogens with zero attached hydrogens (tertiary/aromatic N) is 1. The van der Waals surface area contributed by atoms with Crippen LogP contribution < -0.4 is 5.73 Å². The molecule has 0 radical (unpaired) electrons. The van der Waals surface area contributed by atoms with Gasteiger partial charge in [0.1, 0.15) is 0 Å². The molecule has 0 amide bonds. The van der Waals surface area contributed by atoms with E-state index in [4.69, 9.17) is 5.73 Å². The summed E-state index contributed by atoms with van der Waals surface area (Å²) in [5.74, 6) is 0.833. The fourth-order valence-electron chi connectivity index (χ4n) is 1.46. The molecule has 1 aliphatic heterocycles. The maximum atomic E-state index is 5.90. The van der Waals surface area contributed by atoms with E-state index in [2.05, 4.69) is 26.0 Å². The monoisotopic (exact) mass is 224 g/mol. The lowest BCUT2D eigenvalue weighted by molar-refractivity contribution is 0.534. The van der Waals surface area contributed by atoms with Gasteiger partial charge in [0, 0.05) is 41.5 Å². The van der Waals surface area contributed by atoms with E-state index < -0.39 is 0 Å². The van der Waals surface area contributed by atoms with Gasteiger partial charge in [-0.25, -0.2) is 3.11 Å². The van der Waals surface area contributed by atoms with Gasteiger partial charge in [-0.2, -0.15) is 0 Å². The van der Waals surface area contributed by atoms with Crippen molar-refractivity contribution in [2.24, 2.45) is 11.7 Å². The lowest BCUT2D eigenvalue weighted by atomic mass is 10.3. The third-order valence-corrected chi connectivity index (χ3v) is 2.90. The van der Waals surface area contributed by atoms with Gasteiger partial charge in [0.25, 0.3) is 0 Å². The van der Waals surface area contributed by atoms with Crippen LogP contribution in [0.15, 0.2) is 0 Å². The number of nitrogens with two attached hydrogens (primary N) is 1. The van der Waals surface area contributed by atoms with Crippen LogP contribution in [0.1, 0.15) is 6.42 Å². The van der Waals surface area contributed by atoms with E-state index in [1.165, 1.54) is 13.0 Å². The first-order valence-corrected chi connectivity index (χ1v) is 3.87. The van der Waals surface area contributed by atoms with Gasteiger partial charge in [-0.1, -0.05) is 0 Å². The molecule has 2 nitrogen and oxygen atoms in total. The van der Waals surface area contributed by atoms with E-state index in [9.17, 15) is 0 Å². The molecule has 1 heterocycles. The highest BCUT2D eigenvalue weighted by molar-refractivity contribution is 14.1. The lowest BCUT2D eigenvalue weighted by Gasteiger charge is -2.07. The van der Waals surface area contributed by atoms with Crippen molar-refractivity contribution < 1.29 is 0 Å². The van der Waals surface area contributed by atoms with E-state index >= 15 is 0 Å². The second kappa shape index (κ2) is 1.38. The van der Waals surface area contributed by atoms with Crippen molar-refractivity contribution in [3.05, 3.63) is 0 Å². The average Bonchev–Trinajstić information content (AvgIpc) is 2.07. The molecule has 2 rings (SSSR count). The molecule has 2 fully saturated rings. The fourth-order valence-corrected chi connectivity index (χ4v) is 2.57. The lowest BCUT2D eigenvalue weighted by Crippen LogP contribution is -2.28. The first kappa shape index (κ1) is 5.44. The second-order valence-electron chi connectivity index (χ2n) is 2.94. The molecule has 0 spiro atoms. The average molecular weight is 224 g/mol. The van der Waals surface area contributed by atoms with Crippen molar-refractivity contribution in [3.8, 4) is 0 Å². The summed E-state index contributed by atoms with van der Waals surface area (Å²) in [6, 6.07) is 0. The molecule has 0 aromatic heterocycles. The van der Waals surface area contributed by atoms with Gasteiger partial charge >= 0.3 is 0 Å². The third-order valence-electron chi connectivity index (χ3n) is 2.16. The molecular weight excluding hydrogens is 215 g/mol. The molecule has 2 N–H and O–H groups in total. The van der Waals surface area contributed by atoms with Gasteiger partial charge in [0.05, 0.1) is 0 Å². The normalized spacial score (nSPS) is 54.0. The summed E-state index contributed by atoms with van der Waals surface area (Å²) in [7, 11) is 0. The molecule has 3 heteroatoms. The molecule has 2 unspecified atom stereocenters. The van der Waals surface area contributed by atoms with Crippen molar-refractivity contribution >= 4 is 22.9 Å². The Bertz CT molecular complexity index is 128. The van der Waals surface area contributed by atoms with Crippen LogP contribution in [0.5, 0.6) is 0 Å². The van der Waals surface area contributed by atoms with Crippen molar-refractivity contribution in [3.63, 3.8) is 0 Å². The van der Waals surface area contributed by atoms with Crippen LogP contribution in [0.2, 0.25) is 0 Å². The standard InChI is InChI=1S/C5H9IN2/c6-8-2-4-1-5(4,7)3-8/h4H,1-3,7H2. The molecule has 1 saturated heterocycles. The summed E-state index contributed by atoms with van der Waals surface area (Å²) in [4.78, 5) is 0. The van der Waals surface area contributed by atoms with Gasteiger partial charge < -0.3 is 5.73 Å². The number of hydrogen-bond donors (Lipinski definition) is 1. The van der Waals surface area contributed by atoms with Crippen molar-refractivity contribution in [1.82, 2.24) is 3.11 Å². The summed E-state index contributed by atoms with van der Waals surface area (Å²) >= 11 is 2.34. The zero-order chi connectivity index (χ0) is 5.78. The first-order valence-electron chi connectivity index (χ1n) is 2.90. The molecule has 2 aliphatic rings. The Morgan fingerprint density at radius 2 is 2.50 bits per heavy atom. The van der Waals surface area contributed by atoms with Crippen LogP contribution in [-0.2, 0) is 0 Å². The van der Waals surface area contributed by atoms with Crippen LogP contribution in [0.25, 0.3) is 0 Å². The van der Waals surface area contributed by atoms with Crippen molar-refractivity contribution in [2.45, 2.75) is 12.0 Å². The summed E-state index contributed by atoms with van der Waals surface area (Å²) in [6.07, 6.45) is 1.27. The number of rotatable bonds is 0. The zero-order valence-electron chi connectivity index (χ0n) is 4.60. The van der Waals surface area contributed by atoms with E-state index in [0.717, 1.165) is 12.5 Å².